The topological polar surface area (TPSA) is 77.6 Å². The molecule has 0 fully saturated rings. The molecular formula is C21H20N6O. The quantitative estimate of drug-likeness (QED) is 0.583. The second kappa shape index (κ2) is 7.48. The average molecular weight is 372 g/mol. The van der Waals surface area contributed by atoms with E-state index in [9.17, 15) is 4.79 Å². The normalized spacial score (nSPS) is 10.8. The number of para-hydroxylation sites is 1. The summed E-state index contributed by atoms with van der Waals surface area (Å²) in [6, 6.07) is 17.1. The van der Waals surface area contributed by atoms with Crippen LogP contribution in [0.1, 0.15) is 21.6 Å². The second-order valence-electron chi connectivity index (χ2n) is 6.60. The molecule has 0 bridgehead atoms. The van der Waals surface area contributed by atoms with E-state index in [1.807, 2.05) is 74.8 Å². The van der Waals surface area contributed by atoms with Crippen molar-refractivity contribution in [3.05, 3.63) is 83.8 Å². The number of benzene rings is 2. The lowest BCUT2D eigenvalue weighted by molar-refractivity contribution is 0.102. The largest absolute Gasteiger partial charge is 0.322 e. The third kappa shape index (κ3) is 3.68. The van der Waals surface area contributed by atoms with E-state index in [-0.39, 0.29) is 5.91 Å². The number of aromatic nitrogens is 5. The van der Waals surface area contributed by atoms with Crippen molar-refractivity contribution in [3.8, 4) is 11.3 Å². The molecule has 28 heavy (non-hydrogen) atoms. The van der Waals surface area contributed by atoms with Crippen molar-refractivity contribution in [1.29, 1.82) is 0 Å². The summed E-state index contributed by atoms with van der Waals surface area (Å²) in [5, 5.41) is 15.6. The first-order valence-corrected chi connectivity index (χ1v) is 8.94. The molecule has 4 rings (SSSR count). The molecule has 0 atom stereocenters. The average Bonchev–Trinajstić information content (AvgIpc) is 3.33. The van der Waals surface area contributed by atoms with Crippen LogP contribution in [-0.4, -0.2) is 30.7 Å². The zero-order valence-corrected chi connectivity index (χ0v) is 15.7. The molecule has 7 nitrogen and oxygen atoms in total. The first-order valence-electron chi connectivity index (χ1n) is 8.94. The monoisotopic (exact) mass is 372 g/mol. The zero-order valence-electron chi connectivity index (χ0n) is 15.7. The first kappa shape index (κ1) is 17.7. The fourth-order valence-corrected chi connectivity index (χ4v) is 2.98. The molecule has 0 aliphatic heterocycles. The Labute approximate surface area is 162 Å². The van der Waals surface area contributed by atoms with Gasteiger partial charge in [-0.3, -0.25) is 9.48 Å². The van der Waals surface area contributed by atoms with Crippen molar-refractivity contribution in [2.75, 3.05) is 5.32 Å². The summed E-state index contributed by atoms with van der Waals surface area (Å²) >= 11 is 0. The highest BCUT2D eigenvalue weighted by atomic mass is 16.1. The van der Waals surface area contributed by atoms with Gasteiger partial charge in [0.15, 0.2) is 0 Å². The summed E-state index contributed by atoms with van der Waals surface area (Å²) in [6.07, 6.45) is 3.63. The van der Waals surface area contributed by atoms with E-state index in [2.05, 4.69) is 20.7 Å². The van der Waals surface area contributed by atoms with Gasteiger partial charge in [0, 0.05) is 30.1 Å². The van der Waals surface area contributed by atoms with Gasteiger partial charge in [-0.25, -0.2) is 4.68 Å². The number of carbonyl (C=O) groups is 1. The van der Waals surface area contributed by atoms with Crippen molar-refractivity contribution in [2.45, 2.75) is 13.5 Å². The standard InChI is InChI=1S/C21H20N6O/c1-15-8-9-16(12-19(15)21(28)23-17-6-4-3-5-7-17)20-14-27(25-24-20)13-18-10-11-22-26(18)2/h3-12,14H,13H2,1-2H3,(H,23,28). The molecule has 2 aromatic carbocycles. The number of nitrogens with zero attached hydrogens (tertiary/aromatic N) is 5. The highest BCUT2D eigenvalue weighted by Crippen LogP contribution is 2.21. The van der Waals surface area contributed by atoms with E-state index < -0.39 is 0 Å². The minimum absolute atomic E-state index is 0.146. The van der Waals surface area contributed by atoms with Crippen molar-refractivity contribution < 1.29 is 4.79 Å². The van der Waals surface area contributed by atoms with Crippen LogP contribution < -0.4 is 5.32 Å². The molecule has 1 N–H and O–H groups in total. The Kier molecular flexibility index (Phi) is 4.72. The lowest BCUT2D eigenvalue weighted by atomic mass is 10.0. The number of rotatable bonds is 5. The lowest BCUT2D eigenvalue weighted by Crippen LogP contribution is -2.13. The molecule has 0 aliphatic carbocycles. The molecule has 0 unspecified atom stereocenters. The molecule has 2 aromatic heterocycles. The molecule has 0 saturated carbocycles. The van der Waals surface area contributed by atoms with Gasteiger partial charge in [-0.15, -0.1) is 5.10 Å². The van der Waals surface area contributed by atoms with Crippen LogP contribution in [-0.2, 0) is 13.6 Å². The fraction of sp³-hybridized carbons (Fsp3) is 0.143. The van der Waals surface area contributed by atoms with Crippen LogP contribution in [0.15, 0.2) is 67.0 Å². The van der Waals surface area contributed by atoms with Gasteiger partial charge in [0.2, 0.25) is 0 Å². The number of carbonyl (C=O) groups excluding carboxylic acids is 1. The zero-order chi connectivity index (χ0) is 19.5. The fourth-order valence-electron chi connectivity index (χ4n) is 2.98. The number of hydrogen-bond acceptors (Lipinski definition) is 4. The van der Waals surface area contributed by atoms with Gasteiger partial charge in [0.05, 0.1) is 18.4 Å². The SMILES string of the molecule is Cc1ccc(-c2cn(Cc3ccnn3C)nn2)cc1C(=O)Nc1ccccc1. The van der Waals surface area contributed by atoms with E-state index in [0.717, 1.165) is 28.2 Å². The van der Waals surface area contributed by atoms with Crippen LogP contribution in [0.3, 0.4) is 0 Å². The molecule has 4 aromatic rings. The van der Waals surface area contributed by atoms with E-state index >= 15 is 0 Å². The molecule has 0 spiro atoms. The number of hydrogen-bond donors (Lipinski definition) is 1. The van der Waals surface area contributed by atoms with Gasteiger partial charge in [-0.2, -0.15) is 5.10 Å². The molecule has 0 aliphatic rings. The summed E-state index contributed by atoms with van der Waals surface area (Å²) in [6.45, 7) is 2.50. The summed E-state index contributed by atoms with van der Waals surface area (Å²) in [5.74, 6) is -0.146. The van der Waals surface area contributed by atoms with Gasteiger partial charge >= 0.3 is 0 Å². The van der Waals surface area contributed by atoms with E-state index in [0.29, 0.717) is 12.1 Å². The van der Waals surface area contributed by atoms with Crippen molar-refractivity contribution in [2.24, 2.45) is 7.05 Å². The maximum atomic E-state index is 12.7. The van der Waals surface area contributed by atoms with Gasteiger partial charge in [-0.05, 0) is 36.8 Å². The van der Waals surface area contributed by atoms with E-state index in [1.165, 1.54) is 0 Å². The molecule has 1 amide bonds. The molecule has 0 radical (unpaired) electrons. The van der Waals surface area contributed by atoms with Crippen LogP contribution >= 0.6 is 0 Å². The number of aryl methyl sites for hydroxylation is 2. The van der Waals surface area contributed by atoms with Crippen molar-refractivity contribution in [1.82, 2.24) is 24.8 Å². The Morgan fingerprint density at radius 3 is 2.68 bits per heavy atom. The minimum atomic E-state index is -0.146. The van der Waals surface area contributed by atoms with Gasteiger partial charge in [-0.1, -0.05) is 35.5 Å². The summed E-state index contributed by atoms with van der Waals surface area (Å²) in [5.41, 5.74) is 4.88. The summed E-state index contributed by atoms with van der Waals surface area (Å²) < 4.78 is 3.56. The van der Waals surface area contributed by atoms with Crippen LogP contribution in [0.4, 0.5) is 5.69 Å². The van der Waals surface area contributed by atoms with Crippen LogP contribution in [0.5, 0.6) is 0 Å². The Balaban J connectivity index is 1.57. The maximum Gasteiger partial charge on any atom is 0.255 e. The van der Waals surface area contributed by atoms with E-state index in [1.54, 1.807) is 15.6 Å². The molecule has 2 heterocycles. The Morgan fingerprint density at radius 1 is 1.11 bits per heavy atom. The third-order valence-corrected chi connectivity index (χ3v) is 4.59. The van der Waals surface area contributed by atoms with Gasteiger partial charge in [0.25, 0.3) is 5.91 Å². The summed E-state index contributed by atoms with van der Waals surface area (Å²) in [7, 11) is 1.89. The number of nitrogens with one attached hydrogen (secondary N) is 1. The maximum absolute atomic E-state index is 12.7. The second-order valence-corrected chi connectivity index (χ2v) is 6.60. The number of amides is 1. The third-order valence-electron chi connectivity index (χ3n) is 4.59. The molecule has 0 saturated heterocycles. The van der Waals surface area contributed by atoms with E-state index in [4.69, 9.17) is 0 Å². The lowest BCUT2D eigenvalue weighted by Gasteiger charge is -2.09. The van der Waals surface area contributed by atoms with Gasteiger partial charge < -0.3 is 5.32 Å². The molecule has 7 heteroatoms. The van der Waals surface area contributed by atoms with Crippen LogP contribution in [0.2, 0.25) is 0 Å². The highest BCUT2D eigenvalue weighted by Gasteiger charge is 2.13. The smallest absolute Gasteiger partial charge is 0.255 e. The predicted molar refractivity (Wildman–Crippen MR) is 107 cm³/mol. The van der Waals surface area contributed by atoms with Crippen LogP contribution in [0, 0.1) is 6.92 Å². The number of anilines is 1. The first-order chi connectivity index (χ1) is 13.6. The Hall–Kier alpha value is -3.74. The van der Waals surface area contributed by atoms with Gasteiger partial charge in [0.1, 0.15) is 5.69 Å². The van der Waals surface area contributed by atoms with Crippen molar-refractivity contribution >= 4 is 11.6 Å². The summed E-state index contributed by atoms with van der Waals surface area (Å²) in [4.78, 5) is 12.7. The highest BCUT2D eigenvalue weighted by molar-refractivity contribution is 6.05. The Morgan fingerprint density at radius 2 is 1.93 bits per heavy atom. The predicted octanol–water partition coefficient (Wildman–Crippen LogP) is 3.29. The van der Waals surface area contributed by atoms with Crippen LogP contribution in [0.25, 0.3) is 11.3 Å². The van der Waals surface area contributed by atoms with Crippen molar-refractivity contribution in [3.63, 3.8) is 0 Å². The molecular weight excluding hydrogens is 352 g/mol. The molecule has 140 valence electrons. The Bertz CT molecular complexity index is 1110. The minimum Gasteiger partial charge on any atom is -0.322 e.